The van der Waals surface area contributed by atoms with Crippen molar-refractivity contribution in [1.29, 1.82) is 0 Å². The molecule has 0 spiro atoms. The van der Waals surface area contributed by atoms with Gasteiger partial charge in [-0.05, 0) is 19.8 Å². The Morgan fingerprint density at radius 1 is 1.33 bits per heavy atom. The number of hydrogen-bond acceptors (Lipinski definition) is 1. The van der Waals surface area contributed by atoms with Gasteiger partial charge in [-0.25, -0.2) is 0 Å². The molecule has 0 aliphatic rings. The molecule has 1 nitrogen and oxygen atoms in total. The molecule has 0 aliphatic heterocycles. The third kappa shape index (κ3) is 16.4. The number of ether oxygens (including phenoxy) is 1. The van der Waals surface area contributed by atoms with Gasteiger partial charge in [-0.15, -0.1) is 6.58 Å². The quantitative estimate of drug-likeness (QED) is 0.448. The van der Waals surface area contributed by atoms with Gasteiger partial charge in [-0.1, -0.05) is 35.3 Å². The molecule has 0 aromatic rings. The summed E-state index contributed by atoms with van der Waals surface area (Å²) >= 11 is 0. The fourth-order valence-electron chi connectivity index (χ4n) is 0.470. The molecule has 0 bridgehead atoms. The Bertz CT molecular complexity index is 69.4. The summed E-state index contributed by atoms with van der Waals surface area (Å²) in [5, 5.41) is 0. The molecular weight excluding hydrogens is 148 g/mol. The molecule has 78 valence electrons. The van der Waals surface area contributed by atoms with E-state index in [4.69, 9.17) is 4.74 Å². The van der Waals surface area contributed by atoms with Crippen LogP contribution in [-0.4, -0.2) is 12.7 Å². The van der Waals surface area contributed by atoms with Crippen molar-refractivity contribution in [3.63, 3.8) is 0 Å². The highest BCUT2D eigenvalue weighted by Gasteiger charge is 1.94. The van der Waals surface area contributed by atoms with E-state index < -0.39 is 0 Å². The van der Waals surface area contributed by atoms with Crippen LogP contribution >= 0.6 is 0 Å². The van der Waals surface area contributed by atoms with Gasteiger partial charge in [-0.3, -0.25) is 0 Å². The Balaban J connectivity index is -0.000000107. The summed E-state index contributed by atoms with van der Waals surface area (Å²) in [5.41, 5.74) is 0. The Morgan fingerprint density at radius 2 is 1.83 bits per heavy atom. The van der Waals surface area contributed by atoms with Crippen LogP contribution in [-0.2, 0) is 4.74 Å². The van der Waals surface area contributed by atoms with Gasteiger partial charge in [-0.2, -0.15) is 0 Å². The molecule has 0 aromatic carbocycles. The van der Waals surface area contributed by atoms with Gasteiger partial charge < -0.3 is 4.74 Å². The maximum Gasteiger partial charge on any atom is 0.0544 e. The second-order valence-corrected chi connectivity index (χ2v) is 2.17. The molecule has 0 radical (unpaired) electrons. The van der Waals surface area contributed by atoms with Crippen LogP contribution in [0.1, 0.15) is 49.0 Å². The smallest absolute Gasteiger partial charge is 0.0544 e. The van der Waals surface area contributed by atoms with Crippen molar-refractivity contribution < 1.29 is 4.74 Å². The van der Waals surface area contributed by atoms with Crippen molar-refractivity contribution >= 4 is 0 Å². The Kier molecular flexibility index (Phi) is 32.0. The van der Waals surface area contributed by atoms with E-state index in [1.165, 1.54) is 0 Å². The molecule has 12 heavy (non-hydrogen) atoms. The maximum atomic E-state index is 5.36. The second-order valence-electron chi connectivity index (χ2n) is 2.17. The molecule has 0 amide bonds. The lowest BCUT2D eigenvalue weighted by atomic mass is 10.3. The van der Waals surface area contributed by atoms with Crippen molar-refractivity contribution in [3.05, 3.63) is 12.7 Å². The number of rotatable bonds is 5. The first-order valence-corrected chi connectivity index (χ1v) is 3.53. The van der Waals surface area contributed by atoms with E-state index in [0.717, 1.165) is 19.4 Å². The van der Waals surface area contributed by atoms with Crippen LogP contribution in [0.4, 0.5) is 0 Å². The first-order chi connectivity index (χ1) is 4.31. The van der Waals surface area contributed by atoms with Crippen LogP contribution in [0.15, 0.2) is 12.7 Å². The van der Waals surface area contributed by atoms with Crippen LogP contribution in [0.5, 0.6) is 0 Å². The van der Waals surface area contributed by atoms with Crippen molar-refractivity contribution in [2.75, 3.05) is 6.61 Å². The predicted molar refractivity (Wildman–Crippen MR) is 60.7 cm³/mol. The molecule has 0 aliphatic carbocycles. The fraction of sp³-hybridized carbons (Fsp3) is 0.818. The van der Waals surface area contributed by atoms with Gasteiger partial charge in [0.2, 0.25) is 0 Å². The summed E-state index contributed by atoms with van der Waals surface area (Å²) in [6.45, 7) is 8.63. The normalized spacial score (nSPS) is 9.83. The van der Waals surface area contributed by atoms with E-state index >= 15 is 0 Å². The third-order valence-corrected chi connectivity index (χ3v) is 1.30. The van der Waals surface area contributed by atoms with Gasteiger partial charge in [0, 0.05) is 0 Å². The van der Waals surface area contributed by atoms with Crippen LogP contribution in [0.3, 0.4) is 0 Å². The molecule has 0 saturated heterocycles. The fourth-order valence-corrected chi connectivity index (χ4v) is 0.470. The van der Waals surface area contributed by atoms with Gasteiger partial charge in [0.25, 0.3) is 0 Å². The first kappa shape index (κ1) is 22.6. The lowest BCUT2D eigenvalue weighted by molar-refractivity contribution is 0.0671. The summed E-state index contributed by atoms with van der Waals surface area (Å²) in [4.78, 5) is 0. The molecule has 0 saturated carbocycles. The van der Waals surface area contributed by atoms with Gasteiger partial charge in [0.05, 0.1) is 12.7 Å². The van der Waals surface area contributed by atoms with Crippen molar-refractivity contribution in [2.45, 2.75) is 55.1 Å². The Morgan fingerprint density at radius 3 is 2.17 bits per heavy atom. The molecule has 0 N–H and O–H groups in total. The van der Waals surface area contributed by atoms with Crippen LogP contribution in [0.25, 0.3) is 0 Å². The standard InChI is InChI=1S/C8H16O.3CH4/c1-4-6-7-9-8(3)5-2;;;/h4,8H,1,5-7H2,2-3H3;3*1H4. The summed E-state index contributed by atoms with van der Waals surface area (Å²) in [6.07, 6.45) is 4.34. The lowest BCUT2D eigenvalue weighted by Gasteiger charge is -2.07. The minimum Gasteiger partial charge on any atom is -0.378 e. The van der Waals surface area contributed by atoms with Gasteiger partial charge in [0.15, 0.2) is 0 Å². The van der Waals surface area contributed by atoms with E-state index in [1.54, 1.807) is 0 Å². The summed E-state index contributed by atoms with van der Waals surface area (Å²) in [7, 11) is 0. The van der Waals surface area contributed by atoms with Crippen molar-refractivity contribution in [3.8, 4) is 0 Å². The molecule has 0 aromatic heterocycles. The van der Waals surface area contributed by atoms with Gasteiger partial charge >= 0.3 is 0 Å². The summed E-state index contributed by atoms with van der Waals surface area (Å²) in [5.74, 6) is 0. The zero-order valence-corrected chi connectivity index (χ0v) is 6.39. The van der Waals surface area contributed by atoms with E-state index in [-0.39, 0.29) is 22.3 Å². The minimum absolute atomic E-state index is 0. The molecule has 0 rings (SSSR count). The van der Waals surface area contributed by atoms with E-state index in [2.05, 4.69) is 20.4 Å². The van der Waals surface area contributed by atoms with Crippen molar-refractivity contribution in [2.24, 2.45) is 0 Å². The largest absolute Gasteiger partial charge is 0.378 e. The van der Waals surface area contributed by atoms with E-state index in [0.29, 0.717) is 6.10 Å². The average molecular weight is 176 g/mol. The van der Waals surface area contributed by atoms with Crippen molar-refractivity contribution in [1.82, 2.24) is 0 Å². The van der Waals surface area contributed by atoms with Crippen LogP contribution < -0.4 is 0 Å². The van der Waals surface area contributed by atoms with E-state index in [9.17, 15) is 0 Å². The molecule has 1 atom stereocenters. The highest BCUT2D eigenvalue weighted by Crippen LogP contribution is 1.96. The molecule has 1 heteroatoms. The monoisotopic (exact) mass is 176 g/mol. The highest BCUT2D eigenvalue weighted by atomic mass is 16.5. The molecular formula is C11H28O. The zero-order valence-electron chi connectivity index (χ0n) is 6.39. The molecule has 0 fully saturated rings. The van der Waals surface area contributed by atoms with Crippen LogP contribution in [0, 0.1) is 0 Å². The van der Waals surface area contributed by atoms with Crippen LogP contribution in [0.2, 0.25) is 0 Å². The topological polar surface area (TPSA) is 9.23 Å². The highest BCUT2D eigenvalue weighted by molar-refractivity contribution is 4.64. The third-order valence-electron chi connectivity index (χ3n) is 1.30. The summed E-state index contributed by atoms with van der Waals surface area (Å²) < 4.78 is 5.36. The molecule has 0 heterocycles. The Labute approximate surface area is 79.8 Å². The Hall–Kier alpha value is -0.300. The van der Waals surface area contributed by atoms with Gasteiger partial charge in [0.1, 0.15) is 0 Å². The first-order valence-electron chi connectivity index (χ1n) is 3.53. The van der Waals surface area contributed by atoms with E-state index in [1.807, 2.05) is 6.08 Å². The minimum atomic E-state index is 0. The number of hydrogen-bond donors (Lipinski definition) is 0. The SMILES string of the molecule is C.C.C.C=CCCOC(C)CC. The predicted octanol–water partition coefficient (Wildman–Crippen LogP) is 4.29. The summed E-state index contributed by atoms with van der Waals surface area (Å²) in [6, 6.07) is 0. The lowest BCUT2D eigenvalue weighted by Crippen LogP contribution is -2.06. The average Bonchev–Trinajstić information content (AvgIpc) is 1.89. The second kappa shape index (κ2) is 17.0. The molecule has 1 unspecified atom stereocenters. The zero-order chi connectivity index (χ0) is 7.11. The maximum absolute atomic E-state index is 5.36.